The molecule has 0 aliphatic rings. The lowest BCUT2D eigenvalue weighted by Crippen LogP contribution is -2.11. The van der Waals surface area contributed by atoms with Crippen molar-refractivity contribution in [3.63, 3.8) is 0 Å². The molecule has 1 aromatic carbocycles. The van der Waals surface area contributed by atoms with Crippen molar-refractivity contribution in [3.05, 3.63) is 57.5 Å². The number of halogens is 1. The fraction of sp³-hybridized carbons (Fsp3) is 0.231. The van der Waals surface area contributed by atoms with Crippen molar-refractivity contribution in [2.75, 3.05) is 0 Å². The Morgan fingerprint density at radius 2 is 1.81 bits per heavy atom. The van der Waals surface area contributed by atoms with E-state index in [-0.39, 0.29) is 5.13 Å². The Bertz CT molecular complexity index is 447. The number of benzene rings is 1. The van der Waals surface area contributed by atoms with Crippen LogP contribution >= 0.6 is 11.3 Å². The summed E-state index contributed by atoms with van der Waals surface area (Å²) in [6, 6.07) is 11.7. The minimum atomic E-state index is -0.118. The van der Waals surface area contributed by atoms with Gasteiger partial charge in [-0.2, -0.15) is 4.39 Å². The standard InChI is InChI=1S/C13H14FNS/c1-10-2-4-11(5-3-10)8-15-9-12-6-7-13(14)16-12/h2-7,15H,8-9H2,1H3. The van der Waals surface area contributed by atoms with E-state index in [1.807, 2.05) is 6.07 Å². The molecule has 0 unspecified atom stereocenters. The summed E-state index contributed by atoms with van der Waals surface area (Å²) in [5, 5.41) is 3.18. The lowest BCUT2D eigenvalue weighted by molar-refractivity contribution is 0.657. The molecule has 16 heavy (non-hydrogen) atoms. The highest BCUT2D eigenvalue weighted by atomic mass is 32.1. The molecule has 0 atom stereocenters. The Labute approximate surface area is 98.9 Å². The van der Waals surface area contributed by atoms with Crippen LogP contribution in [0.15, 0.2) is 36.4 Å². The van der Waals surface area contributed by atoms with E-state index in [0.29, 0.717) is 0 Å². The third-order valence-electron chi connectivity index (χ3n) is 2.38. The molecule has 0 aliphatic heterocycles. The van der Waals surface area contributed by atoms with E-state index in [1.54, 1.807) is 0 Å². The average Bonchev–Trinajstić information content (AvgIpc) is 2.67. The Hall–Kier alpha value is -1.19. The number of hydrogen-bond donors (Lipinski definition) is 1. The van der Waals surface area contributed by atoms with Gasteiger partial charge in [-0.15, -0.1) is 11.3 Å². The normalized spacial score (nSPS) is 10.6. The molecule has 84 valence electrons. The van der Waals surface area contributed by atoms with Gasteiger partial charge >= 0.3 is 0 Å². The number of hydrogen-bond acceptors (Lipinski definition) is 2. The second-order valence-corrected chi connectivity index (χ2v) is 4.91. The van der Waals surface area contributed by atoms with Crippen molar-refractivity contribution < 1.29 is 4.39 Å². The summed E-state index contributed by atoms with van der Waals surface area (Å²) in [4.78, 5) is 1.03. The van der Waals surface area contributed by atoms with Gasteiger partial charge in [-0.25, -0.2) is 0 Å². The molecule has 0 fully saturated rings. The second-order valence-electron chi connectivity index (χ2n) is 3.79. The van der Waals surface area contributed by atoms with Gasteiger partial charge in [0.05, 0.1) is 0 Å². The van der Waals surface area contributed by atoms with Gasteiger partial charge in [0.2, 0.25) is 0 Å². The molecule has 0 spiro atoms. The summed E-state index contributed by atoms with van der Waals surface area (Å²) >= 11 is 1.20. The first-order chi connectivity index (χ1) is 7.74. The molecule has 0 amide bonds. The van der Waals surface area contributed by atoms with Gasteiger partial charge in [-0.1, -0.05) is 29.8 Å². The molecule has 1 nitrogen and oxygen atoms in total. The smallest absolute Gasteiger partial charge is 0.176 e. The predicted molar refractivity (Wildman–Crippen MR) is 66.0 cm³/mol. The molecule has 1 aromatic heterocycles. The van der Waals surface area contributed by atoms with E-state index in [0.717, 1.165) is 18.0 Å². The fourth-order valence-electron chi connectivity index (χ4n) is 1.48. The van der Waals surface area contributed by atoms with Crippen LogP contribution in [0.4, 0.5) is 4.39 Å². The predicted octanol–water partition coefficient (Wildman–Crippen LogP) is 3.49. The molecule has 0 aliphatic carbocycles. The van der Waals surface area contributed by atoms with Crippen LogP contribution in [0.25, 0.3) is 0 Å². The second kappa shape index (κ2) is 5.23. The molecule has 3 heteroatoms. The van der Waals surface area contributed by atoms with Crippen molar-refractivity contribution in [2.24, 2.45) is 0 Å². The molecule has 1 N–H and O–H groups in total. The van der Waals surface area contributed by atoms with Crippen LogP contribution in [0.3, 0.4) is 0 Å². The minimum absolute atomic E-state index is 0.118. The first-order valence-electron chi connectivity index (χ1n) is 5.24. The Balaban J connectivity index is 1.82. The first-order valence-corrected chi connectivity index (χ1v) is 6.06. The van der Waals surface area contributed by atoms with E-state index in [2.05, 4.69) is 36.5 Å². The summed E-state index contributed by atoms with van der Waals surface area (Å²) in [6.07, 6.45) is 0. The van der Waals surface area contributed by atoms with Crippen molar-refractivity contribution in [1.82, 2.24) is 5.32 Å². The first kappa shape index (κ1) is 11.3. The molecular formula is C13H14FNS. The summed E-state index contributed by atoms with van der Waals surface area (Å²) in [6.45, 7) is 3.62. The lowest BCUT2D eigenvalue weighted by Gasteiger charge is -2.03. The monoisotopic (exact) mass is 235 g/mol. The SMILES string of the molecule is Cc1ccc(CNCc2ccc(F)s2)cc1. The van der Waals surface area contributed by atoms with Gasteiger partial charge in [0.15, 0.2) is 5.13 Å². The van der Waals surface area contributed by atoms with Crippen LogP contribution in [0.5, 0.6) is 0 Å². The lowest BCUT2D eigenvalue weighted by atomic mass is 10.1. The van der Waals surface area contributed by atoms with Gasteiger partial charge in [0.1, 0.15) is 0 Å². The Morgan fingerprint density at radius 1 is 1.06 bits per heavy atom. The van der Waals surface area contributed by atoms with Crippen LogP contribution in [0.2, 0.25) is 0 Å². The van der Waals surface area contributed by atoms with Crippen LogP contribution in [0, 0.1) is 12.1 Å². The van der Waals surface area contributed by atoms with E-state index >= 15 is 0 Å². The van der Waals surface area contributed by atoms with Crippen LogP contribution in [0.1, 0.15) is 16.0 Å². The number of thiophene rings is 1. The number of aryl methyl sites for hydroxylation is 1. The average molecular weight is 235 g/mol. The molecule has 1 heterocycles. The zero-order valence-electron chi connectivity index (χ0n) is 9.16. The fourth-order valence-corrected chi connectivity index (χ4v) is 2.18. The highest BCUT2D eigenvalue weighted by molar-refractivity contribution is 7.10. The van der Waals surface area contributed by atoms with Crippen molar-refractivity contribution in [2.45, 2.75) is 20.0 Å². The highest BCUT2D eigenvalue weighted by Gasteiger charge is 1.98. The van der Waals surface area contributed by atoms with Crippen molar-refractivity contribution in [1.29, 1.82) is 0 Å². The van der Waals surface area contributed by atoms with E-state index in [9.17, 15) is 4.39 Å². The zero-order valence-corrected chi connectivity index (χ0v) is 9.98. The Morgan fingerprint density at radius 3 is 2.44 bits per heavy atom. The molecule has 2 aromatic rings. The molecule has 0 bridgehead atoms. The van der Waals surface area contributed by atoms with Crippen molar-refractivity contribution >= 4 is 11.3 Å². The topological polar surface area (TPSA) is 12.0 Å². The molecule has 0 saturated carbocycles. The van der Waals surface area contributed by atoms with E-state index in [4.69, 9.17) is 0 Å². The summed E-state index contributed by atoms with van der Waals surface area (Å²) in [5.74, 6) is 0. The van der Waals surface area contributed by atoms with Crippen LogP contribution in [-0.2, 0) is 13.1 Å². The summed E-state index contributed by atoms with van der Waals surface area (Å²) in [5.41, 5.74) is 2.52. The third-order valence-corrected chi connectivity index (χ3v) is 3.25. The molecule has 0 radical (unpaired) electrons. The zero-order chi connectivity index (χ0) is 11.4. The van der Waals surface area contributed by atoms with E-state index < -0.39 is 0 Å². The van der Waals surface area contributed by atoms with Gasteiger partial charge in [-0.05, 0) is 24.6 Å². The Kier molecular flexibility index (Phi) is 3.70. The quantitative estimate of drug-likeness (QED) is 0.855. The number of rotatable bonds is 4. The third kappa shape index (κ3) is 3.15. The van der Waals surface area contributed by atoms with Crippen LogP contribution in [-0.4, -0.2) is 0 Å². The van der Waals surface area contributed by atoms with Gasteiger partial charge in [-0.3, -0.25) is 0 Å². The maximum atomic E-state index is 12.7. The molecular weight excluding hydrogens is 221 g/mol. The largest absolute Gasteiger partial charge is 0.308 e. The molecule has 0 saturated heterocycles. The minimum Gasteiger partial charge on any atom is -0.308 e. The maximum absolute atomic E-state index is 12.7. The van der Waals surface area contributed by atoms with Gasteiger partial charge in [0.25, 0.3) is 0 Å². The maximum Gasteiger partial charge on any atom is 0.176 e. The van der Waals surface area contributed by atoms with E-state index in [1.165, 1.54) is 28.5 Å². The van der Waals surface area contributed by atoms with Gasteiger partial charge in [0, 0.05) is 18.0 Å². The highest BCUT2D eigenvalue weighted by Crippen LogP contribution is 2.14. The molecule has 2 rings (SSSR count). The number of nitrogens with one attached hydrogen (secondary N) is 1. The van der Waals surface area contributed by atoms with Crippen molar-refractivity contribution in [3.8, 4) is 0 Å². The van der Waals surface area contributed by atoms with Gasteiger partial charge < -0.3 is 5.32 Å². The summed E-state index contributed by atoms with van der Waals surface area (Å²) in [7, 11) is 0. The summed E-state index contributed by atoms with van der Waals surface area (Å²) < 4.78 is 12.7. The van der Waals surface area contributed by atoms with Crippen LogP contribution < -0.4 is 5.32 Å².